The molecule has 2 bridgehead atoms. The summed E-state index contributed by atoms with van der Waals surface area (Å²) in [6.07, 6.45) is 4.85. The summed E-state index contributed by atoms with van der Waals surface area (Å²) in [4.78, 5) is 10.6. The minimum Gasteiger partial charge on any atom is -0.465 e. The van der Waals surface area contributed by atoms with E-state index < -0.39 is 6.09 Å². The third-order valence-electron chi connectivity index (χ3n) is 3.49. The molecule has 0 spiro atoms. The number of nitrogens with two attached hydrogens (primary N) is 1. The number of hydrogen-bond acceptors (Lipinski definition) is 2. The van der Waals surface area contributed by atoms with Crippen molar-refractivity contribution in [1.29, 1.82) is 0 Å². The van der Waals surface area contributed by atoms with Crippen LogP contribution in [0.4, 0.5) is 4.79 Å². The molecule has 13 heavy (non-hydrogen) atoms. The van der Waals surface area contributed by atoms with Crippen molar-refractivity contribution in [3.05, 3.63) is 0 Å². The van der Waals surface area contributed by atoms with Gasteiger partial charge in [-0.15, -0.1) is 0 Å². The van der Waals surface area contributed by atoms with Gasteiger partial charge in [0.2, 0.25) is 0 Å². The second-order valence-electron chi connectivity index (χ2n) is 4.60. The van der Waals surface area contributed by atoms with E-state index >= 15 is 0 Å². The molecule has 0 aromatic heterocycles. The fourth-order valence-corrected chi connectivity index (χ4v) is 2.94. The predicted octanol–water partition coefficient (Wildman–Crippen LogP) is 1.06. The third-order valence-corrected chi connectivity index (χ3v) is 3.49. The largest absolute Gasteiger partial charge is 0.465 e. The minimum absolute atomic E-state index is 0.0826. The Bertz CT molecular complexity index is 244. The van der Waals surface area contributed by atoms with Gasteiger partial charge in [0.25, 0.3) is 0 Å². The molecule has 2 fully saturated rings. The zero-order valence-electron chi connectivity index (χ0n) is 7.68. The van der Waals surface area contributed by atoms with Crippen molar-refractivity contribution < 1.29 is 9.90 Å². The van der Waals surface area contributed by atoms with Gasteiger partial charge in [0.05, 0.1) is 0 Å². The first kappa shape index (κ1) is 8.81. The van der Waals surface area contributed by atoms with Crippen molar-refractivity contribution in [2.75, 3.05) is 0 Å². The molecule has 2 aliphatic rings. The van der Waals surface area contributed by atoms with Crippen LogP contribution in [0.15, 0.2) is 0 Å². The molecule has 0 aromatic rings. The zero-order valence-corrected chi connectivity index (χ0v) is 7.68. The fraction of sp³-hybridized carbons (Fsp3) is 0.889. The molecule has 2 saturated carbocycles. The second-order valence-corrected chi connectivity index (χ2v) is 4.60. The number of carbonyl (C=O) groups is 1. The number of hydrogen-bond donors (Lipinski definition) is 3. The Morgan fingerprint density at radius 2 is 2.08 bits per heavy atom. The molecule has 0 aliphatic heterocycles. The molecule has 2 rings (SSSR count). The molecular formula is C9H16N2O2. The number of fused-ring (bicyclic) bond motifs is 2. The molecule has 4 N–H and O–H groups in total. The summed E-state index contributed by atoms with van der Waals surface area (Å²) in [6.45, 7) is 0. The Hall–Kier alpha value is -0.770. The Kier molecular flexibility index (Phi) is 1.77. The summed E-state index contributed by atoms with van der Waals surface area (Å²) in [5.74, 6) is 0. The predicted molar refractivity (Wildman–Crippen MR) is 48.5 cm³/mol. The molecular weight excluding hydrogens is 168 g/mol. The van der Waals surface area contributed by atoms with Crippen LogP contribution in [0, 0.1) is 0 Å². The van der Waals surface area contributed by atoms with E-state index in [9.17, 15) is 4.79 Å². The van der Waals surface area contributed by atoms with Gasteiger partial charge in [-0.3, -0.25) is 0 Å². The summed E-state index contributed by atoms with van der Waals surface area (Å²) in [5, 5.41) is 11.4. The molecule has 2 aliphatic carbocycles. The molecule has 0 radical (unpaired) electrons. The monoisotopic (exact) mass is 184 g/mol. The third kappa shape index (κ3) is 1.50. The van der Waals surface area contributed by atoms with Crippen LogP contribution in [0.1, 0.15) is 38.5 Å². The van der Waals surface area contributed by atoms with E-state index in [0.29, 0.717) is 0 Å². The van der Waals surface area contributed by atoms with Crippen molar-refractivity contribution in [3.8, 4) is 0 Å². The number of carboxylic acid groups (broad SMARTS) is 1. The van der Waals surface area contributed by atoms with Crippen LogP contribution < -0.4 is 11.1 Å². The number of rotatable bonds is 1. The van der Waals surface area contributed by atoms with E-state index in [1.807, 2.05) is 0 Å². The van der Waals surface area contributed by atoms with E-state index in [1.54, 1.807) is 0 Å². The molecule has 0 saturated heterocycles. The van der Waals surface area contributed by atoms with Crippen LogP contribution in [-0.4, -0.2) is 22.3 Å². The van der Waals surface area contributed by atoms with Crippen LogP contribution in [0.2, 0.25) is 0 Å². The highest BCUT2D eigenvalue weighted by Gasteiger charge is 2.49. The second kappa shape index (κ2) is 2.61. The van der Waals surface area contributed by atoms with Crippen LogP contribution in [-0.2, 0) is 0 Å². The summed E-state index contributed by atoms with van der Waals surface area (Å²) in [6, 6.07) is 0. The van der Waals surface area contributed by atoms with Crippen LogP contribution in [0.3, 0.4) is 0 Å². The lowest BCUT2D eigenvalue weighted by Gasteiger charge is -2.37. The van der Waals surface area contributed by atoms with Crippen LogP contribution >= 0.6 is 0 Å². The molecule has 2 unspecified atom stereocenters. The maximum atomic E-state index is 10.6. The van der Waals surface area contributed by atoms with E-state index in [4.69, 9.17) is 10.8 Å². The topological polar surface area (TPSA) is 75.3 Å². The zero-order chi connectivity index (χ0) is 9.53. The van der Waals surface area contributed by atoms with Gasteiger partial charge in [0.1, 0.15) is 0 Å². The van der Waals surface area contributed by atoms with Crippen molar-refractivity contribution in [2.24, 2.45) is 5.73 Å². The van der Waals surface area contributed by atoms with Crippen molar-refractivity contribution in [2.45, 2.75) is 49.6 Å². The number of nitrogens with one attached hydrogen (secondary N) is 1. The molecule has 4 heteroatoms. The first-order valence-electron chi connectivity index (χ1n) is 4.84. The molecule has 1 amide bonds. The normalized spacial score (nSPS) is 43.2. The first-order valence-corrected chi connectivity index (χ1v) is 4.84. The Balaban J connectivity index is 2.12. The standard InChI is InChI=1S/C9H16N2O2/c10-8-2-1-3-9(6-8,5-4-8)11-7(12)13/h11H,1-6,10H2,(H,12,13). The van der Waals surface area contributed by atoms with Gasteiger partial charge in [-0.2, -0.15) is 0 Å². The average molecular weight is 184 g/mol. The van der Waals surface area contributed by atoms with Crippen molar-refractivity contribution in [1.82, 2.24) is 5.32 Å². The lowest BCUT2D eigenvalue weighted by molar-refractivity contribution is 0.164. The van der Waals surface area contributed by atoms with E-state index in [-0.39, 0.29) is 11.1 Å². The van der Waals surface area contributed by atoms with Gasteiger partial charge in [-0.1, -0.05) is 0 Å². The highest BCUT2D eigenvalue weighted by molar-refractivity contribution is 5.65. The van der Waals surface area contributed by atoms with Gasteiger partial charge in [-0.05, 0) is 38.5 Å². The minimum atomic E-state index is -0.911. The van der Waals surface area contributed by atoms with Crippen LogP contribution in [0.5, 0.6) is 0 Å². The molecule has 0 aromatic carbocycles. The molecule has 0 heterocycles. The fourth-order valence-electron chi connectivity index (χ4n) is 2.94. The molecule has 2 atom stereocenters. The van der Waals surface area contributed by atoms with Crippen molar-refractivity contribution in [3.63, 3.8) is 0 Å². The quantitative estimate of drug-likeness (QED) is 0.570. The highest BCUT2D eigenvalue weighted by atomic mass is 16.4. The summed E-state index contributed by atoms with van der Waals surface area (Å²) in [5.41, 5.74) is 5.85. The Morgan fingerprint density at radius 3 is 2.77 bits per heavy atom. The Morgan fingerprint density at radius 1 is 1.31 bits per heavy atom. The Labute approximate surface area is 77.5 Å². The average Bonchev–Trinajstić information content (AvgIpc) is 2.21. The summed E-state index contributed by atoms with van der Waals surface area (Å²) >= 11 is 0. The van der Waals surface area contributed by atoms with Gasteiger partial charge in [0, 0.05) is 11.1 Å². The van der Waals surface area contributed by atoms with Crippen LogP contribution in [0.25, 0.3) is 0 Å². The van der Waals surface area contributed by atoms with Gasteiger partial charge >= 0.3 is 6.09 Å². The SMILES string of the molecule is NC12CCCC(NC(=O)O)(CC1)C2. The summed E-state index contributed by atoms with van der Waals surface area (Å²) < 4.78 is 0. The maximum absolute atomic E-state index is 10.6. The highest BCUT2D eigenvalue weighted by Crippen LogP contribution is 2.46. The maximum Gasteiger partial charge on any atom is 0.405 e. The number of amides is 1. The first-order chi connectivity index (χ1) is 6.04. The lowest BCUT2D eigenvalue weighted by atomic mass is 9.79. The van der Waals surface area contributed by atoms with Crippen molar-refractivity contribution >= 4 is 6.09 Å². The summed E-state index contributed by atoms with van der Waals surface area (Å²) in [7, 11) is 0. The van der Waals surface area contributed by atoms with E-state index in [0.717, 1.165) is 38.5 Å². The molecule has 4 nitrogen and oxygen atoms in total. The van der Waals surface area contributed by atoms with Gasteiger partial charge in [0.15, 0.2) is 0 Å². The lowest BCUT2D eigenvalue weighted by Crippen LogP contribution is -2.52. The van der Waals surface area contributed by atoms with E-state index in [1.165, 1.54) is 0 Å². The smallest absolute Gasteiger partial charge is 0.405 e. The van der Waals surface area contributed by atoms with Gasteiger partial charge < -0.3 is 16.2 Å². The van der Waals surface area contributed by atoms with Gasteiger partial charge in [-0.25, -0.2) is 4.79 Å². The molecule has 74 valence electrons. The van der Waals surface area contributed by atoms with E-state index in [2.05, 4.69) is 5.32 Å².